The molecule has 2 aromatic rings. The van der Waals surface area contributed by atoms with Gasteiger partial charge in [-0.1, -0.05) is 39.8 Å². The minimum Gasteiger partial charge on any atom is -0.388 e. The molecule has 4 aliphatic rings. The fraction of sp³-hybridized carbons (Fsp3) is 0.632. The Hall–Kier alpha value is -2.92. The number of piperidine rings is 1. The van der Waals surface area contributed by atoms with Crippen LogP contribution < -0.4 is 5.32 Å². The zero-order chi connectivity index (χ0) is 35.3. The average Bonchev–Trinajstić information content (AvgIpc) is 3.03. The van der Waals surface area contributed by atoms with E-state index in [9.17, 15) is 27.1 Å². The molecule has 6 rings (SSSR count). The summed E-state index contributed by atoms with van der Waals surface area (Å²) < 4.78 is 86.4. The number of aliphatic imine (C=N–C) groups is 1. The van der Waals surface area contributed by atoms with Gasteiger partial charge in [-0.05, 0) is 91.0 Å². The molecular weight excluding hydrogens is 642 g/mol. The van der Waals surface area contributed by atoms with Gasteiger partial charge in [0.1, 0.15) is 0 Å². The van der Waals surface area contributed by atoms with Gasteiger partial charge in [-0.25, -0.2) is 13.2 Å². The first-order chi connectivity index (χ1) is 23.0. The molecule has 0 radical (unpaired) electrons. The predicted octanol–water partition coefficient (Wildman–Crippen LogP) is 9.53. The van der Waals surface area contributed by atoms with Crippen LogP contribution in [-0.2, 0) is 12.6 Å². The van der Waals surface area contributed by atoms with E-state index in [1.165, 1.54) is 0 Å². The minimum absolute atomic E-state index is 0.0474. The van der Waals surface area contributed by atoms with Crippen LogP contribution in [0.2, 0.25) is 0 Å². The number of likely N-dealkylation sites (tertiary alicyclic amines) is 1. The van der Waals surface area contributed by atoms with E-state index in [-0.39, 0.29) is 54.4 Å². The molecule has 1 saturated carbocycles. The molecule has 3 atom stereocenters. The quantitative estimate of drug-likeness (QED) is 0.284. The van der Waals surface area contributed by atoms with Crippen molar-refractivity contribution in [2.75, 3.05) is 13.1 Å². The van der Waals surface area contributed by atoms with Crippen LogP contribution in [0, 0.1) is 11.3 Å². The summed E-state index contributed by atoms with van der Waals surface area (Å²) in [6, 6.07) is 4.07. The largest absolute Gasteiger partial charge is 0.416 e. The summed E-state index contributed by atoms with van der Waals surface area (Å²) in [4.78, 5) is 12.1. The highest BCUT2D eigenvalue weighted by molar-refractivity contribution is 5.79. The Bertz CT molecular complexity index is 1550. The van der Waals surface area contributed by atoms with Gasteiger partial charge in [0.15, 0.2) is 12.5 Å². The number of nitrogens with zero attached hydrogens (tertiary/aromatic N) is 3. The topological polar surface area (TPSA) is 60.8 Å². The first kappa shape index (κ1) is 35.9. The zero-order valence-corrected chi connectivity index (χ0v) is 28.8. The lowest BCUT2D eigenvalue weighted by atomic mass is 9.68. The number of pyridine rings is 1. The molecule has 2 N–H and O–H groups in total. The van der Waals surface area contributed by atoms with Crippen molar-refractivity contribution in [2.24, 2.45) is 16.3 Å². The number of halogens is 6. The number of aliphatic hydroxyl groups is 1. The number of hydrogen-bond donors (Lipinski definition) is 2. The molecule has 0 bridgehead atoms. The normalized spacial score (nSPS) is 25.5. The Morgan fingerprint density at radius 1 is 0.980 bits per heavy atom. The van der Waals surface area contributed by atoms with Crippen molar-refractivity contribution in [1.29, 1.82) is 0 Å². The molecular formula is C38H48F6N4O. The van der Waals surface area contributed by atoms with E-state index in [1.807, 2.05) is 26.3 Å². The monoisotopic (exact) mass is 690 g/mol. The number of rotatable bonds is 7. The molecule has 1 aromatic carbocycles. The number of benzene rings is 1. The molecule has 268 valence electrons. The number of hydrogen-bond acceptors (Lipinski definition) is 5. The molecule has 11 heteroatoms. The van der Waals surface area contributed by atoms with Gasteiger partial charge in [0.2, 0.25) is 5.92 Å². The van der Waals surface area contributed by atoms with Crippen LogP contribution >= 0.6 is 0 Å². The first-order valence-corrected chi connectivity index (χ1v) is 17.7. The van der Waals surface area contributed by atoms with Crippen molar-refractivity contribution in [2.45, 2.75) is 128 Å². The fourth-order valence-corrected chi connectivity index (χ4v) is 8.34. The fourth-order valence-electron chi connectivity index (χ4n) is 8.34. The highest BCUT2D eigenvalue weighted by Gasteiger charge is 2.44. The number of alkyl halides is 6. The lowest BCUT2D eigenvalue weighted by Gasteiger charge is -2.41. The van der Waals surface area contributed by atoms with Crippen LogP contribution in [0.3, 0.4) is 0 Å². The molecule has 49 heavy (non-hydrogen) atoms. The van der Waals surface area contributed by atoms with Crippen molar-refractivity contribution < 1.29 is 31.4 Å². The van der Waals surface area contributed by atoms with E-state index in [0.717, 1.165) is 36.3 Å². The molecule has 2 aliphatic carbocycles. The Kier molecular flexibility index (Phi) is 10.0. The molecule has 2 aliphatic heterocycles. The van der Waals surface area contributed by atoms with Gasteiger partial charge in [0.25, 0.3) is 0 Å². The lowest BCUT2D eigenvalue weighted by Crippen LogP contribution is -2.47. The van der Waals surface area contributed by atoms with E-state index in [4.69, 9.17) is 9.98 Å². The van der Waals surface area contributed by atoms with Crippen molar-refractivity contribution in [3.05, 3.63) is 75.2 Å². The third-order valence-electron chi connectivity index (χ3n) is 10.8. The molecule has 1 saturated heterocycles. The van der Waals surface area contributed by atoms with E-state index < -0.39 is 35.9 Å². The van der Waals surface area contributed by atoms with Gasteiger partial charge < -0.3 is 10.4 Å². The summed E-state index contributed by atoms with van der Waals surface area (Å²) in [6.07, 6.45) is -0.935. The van der Waals surface area contributed by atoms with Crippen LogP contribution in [0.4, 0.5) is 26.3 Å². The maximum atomic E-state index is 17.2. The van der Waals surface area contributed by atoms with Crippen LogP contribution in [0.25, 0.3) is 0 Å². The summed E-state index contributed by atoms with van der Waals surface area (Å²) in [5, 5.41) is 15.0. The minimum atomic E-state index is -4.57. The van der Waals surface area contributed by atoms with Crippen LogP contribution in [-0.4, -0.2) is 46.5 Å². The summed E-state index contributed by atoms with van der Waals surface area (Å²) in [5.41, 5.74) is 2.58. The molecule has 1 aromatic heterocycles. The van der Waals surface area contributed by atoms with Crippen molar-refractivity contribution in [3.63, 3.8) is 0 Å². The summed E-state index contributed by atoms with van der Waals surface area (Å²) in [6.45, 7) is 9.72. The summed E-state index contributed by atoms with van der Waals surface area (Å²) in [7, 11) is 0. The smallest absolute Gasteiger partial charge is 0.388 e. The Morgan fingerprint density at radius 3 is 2.20 bits per heavy atom. The number of aromatic nitrogens is 1. The van der Waals surface area contributed by atoms with Crippen LogP contribution in [0.1, 0.15) is 142 Å². The standard InChI is InChI=1S/C38H48F6N4O/c1-22(2)17-23-20-45-35(46-21-23)48-15-11-26(12-16-48)34-32(33(39)25-5-7-27(8-6-25)38(42,43)44)30(24-9-13-37(40,41)14-10-24)31-28(47-34)18-36(3,4)19-29(31)49/h5-8,20-22,24,26,29,33,35,45,49H,9-19H2,1-4H3. The van der Waals surface area contributed by atoms with E-state index in [2.05, 4.69) is 24.1 Å². The van der Waals surface area contributed by atoms with E-state index >= 15 is 4.39 Å². The third-order valence-corrected chi connectivity index (χ3v) is 10.8. The van der Waals surface area contributed by atoms with Crippen molar-refractivity contribution in [3.8, 4) is 0 Å². The average molecular weight is 691 g/mol. The van der Waals surface area contributed by atoms with Crippen molar-refractivity contribution >= 4 is 6.21 Å². The molecule has 0 spiro atoms. The molecule has 2 fully saturated rings. The molecule has 5 nitrogen and oxygen atoms in total. The van der Waals surface area contributed by atoms with Gasteiger partial charge in [-0.3, -0.25) is 14.9 Å². The van der Waals surface area contributed by atoms with Crippen molar-refractivity contribution in [1.82, 2.24) is 15.2 Å². The van der Waals surface area contributed by atoms with Gasteiger partial charge in [0, 0.05) is 61.1 Å². The third kappa shape index (κ3) is 7.87. The van der Waals surface area contributed by atoms with E-state index in [0.29, 0.717) is 67.2 Å². The second kappa shape index (κ2) is 13.7. The SMILES string of the molecule is CC(C)CC1=CNC(N2CCC(c3nc4c(c(C5CCC(F)(F)CC5)c3C(F)c3ccc(C(F)(F)F)cc3)C(O)CC(C)(C)C4)CC2)N=C1. The molecule has 3 heterocycles. The highest BCUT2D eigenvalue weighted by Crippen LogP contribution is 2.52. The van der Waals surface area contributed by atoms with E-state index in [1.54, 1.807) is 0 Å². The Morgan fingerprint density at radius 2 is 1.63 bits per heavy atom. The highest BCUT2D eigenvalue weighted by atomic mass is 19.4. The second-order valence-corrected chi connectivity index (χ2v) is 15.8. The van der Waals surface area contributed by atoms with Crippen LogP contribution in [0.15, 0.2) is 41.0 Å². The number of aliphatic hydroxyl groups excluding tert-OH is 1. The van der Waals surface area contributed by atoms with Gasteiger partial charge >= 0.3 is 6.18 Å². The Labute approximate surface area is 285 Å². The number of fused-ring (bicyclic) bond motifs is 1. The maximum Gasteiger partial charge on any atom is 0.416 e. The van der Waals surface area contributed by atoms with Gasteiger partial charge in [0.05, 0.1) is 17.4 Å². The number of allylic oxidation sites excluding steroid dienone is 1. The maximum absolute atomic E-state index is 17.2. The first-order valence-electron chi connectivity index (χ1n) is 17.7. The zero-order valence-electron chi connectivity index (χ0n) is 28.8. The predicted molar refractivity (Wildman–Crippen MR) is 178 cm³/mol. The van der Waals surface area contributed by atoms with Gasteiger partial charge in [-0.2, -0.15) is 13.2 Å². The molecule has 0 amide bonds. The lowest BCUT2D eigenvalue weighted by molar-refractivity contribution is -0.137. The number of nitrogens with one attached hydrogen (secondary N) is 1. The summed E-state index contributed by atoms with van der Waals surface area (Å²) >= 11 is 0. The Balaban J connectivity index is 1.40. The summed E-state index contributed by atoms with van der Waals surface area (Å²) in [5.74, 6) is -2.91. The molecule has 3 unspecified atom stereocenters. The van der Waals surface area contributed by atoms with Crippen LogP contribution in [0.5, 0.6) is 0 Å². The second-order valence-electron chi connectivity index (χ2n) is 15.8. The van der Waals surface area contributed by atoms with Gasteiger partial charge in [-0.15, -0.1) is 0 Å².